The van der Waals surface area contributed by atoms with Gasteiger partial charge in [-0.25, -0.2) is 4.79 Å². The van der Waals surface area contributed by atoms with Crippen LogP contribution in [0, 0.1) is 18.9 Å². The van der Waals surface area contributed by atoms with Crippen molar-refractivity contribution in [2.24, 2.45) is 13.0 Å². The minimum atomic E-state index is -0.850. The van der Waals surface area contributed by atoms with Crippen molar-refractivity contribution >= 4 is 50.4 Å². The van der Waals surface area contributed by atoms with Crippen molar-refractivity contribution in [3.05, 3.63) is 75.3 Å². The maximum atomic E-state index is 12.9. The molecule has 13 heteroatoms. The van der Waals surface area contributed by atoms with E-state index in [9.17, 15) is 9.59 Å². The Labute approximate surface area is 242 Å². The van der Waals surface area contributed by atoms with E-state index < -0.39 is 12.0 Å². The third-order valence-corrected chi connectivity index (χ3v) is 7.54. The number of aromatic nitrogens is 6. The zero-order chi connectivity index (χ0) is 28.5. The van der Waals surface area contributed by atoms with Crippen LogP contribution < -0.4 is 5.32 Å². The smallest absolute Gasteiger partial charge is 0.445 e. The van der Waals surface area contributed by atoms with Crippen LogP contribution in [0.2, 0.25) is 0 Å². The molecular weight excluding hydrogens is 590 g/mol. The summed E-state index contributed by atoms with van der Waals surface area (Å²) in [6.45, 7) is 2.73. The highest BCUT2D eigenvalue weighted by Crippen LogP contribution is 2.30. The summed E-state index contributed by atoms with van der Waals surface area (Å²) in [5.74, 6) is -0.483. The summed E-state index contributed by atoms with van der Waals surface area (Å²) in [7, 11) is 1.85. The molecule has 0 radical (unpaired) electrons. The maximum Gasteiger partial charge on any atom is 0.522 e. The van der Waals surface area contributed by atoms with Crippen LogP contribution >= 0.6 is 15.9 Å². The lowest BCUT2D eigenvalue weighted by Crippen LogP contribution is -2.36. The molecule has 1 fully saturated rings. The largest absolute Gasteiger partial charge is 0.522 e. The lowest BCUT2D eigenvalue weighted by Gasteiger charge is -2.20. The summed E-state index contributed by atoms with van der Waals surface area (Å²) in [6.07, 6.45) is 1.20. The first kappa shape index (κ1) is 26.4. The van der Waals surface area contributed by atoms with Gasteiger partial charge in [-0.1, -0.05) is 51.0 Å². The number of nitrogens with one attached hydrogen (secondary N) is 1. The quantitative estimate of drug-likeness (QED) is 0.324. The zero-order valence-corrected chi connectivity index (χ0v) is 23.9. The number of benzene rings is 2. The summed E-state index contributed by atoms with van der Waals surface area (Å²) in [5, 5.41) is 12.6. The number of amides is 2. The highest BCUT2D eigenvalue weighted by molar-refractivity contribution is 9.10. The minimum absolute atomic E-state index is 0.0564. The van der Waals surface area contributed by atoms with Gasteiger partial charge in [-0.3, -0.25) is 9.48 Å². The summed E-state index contributed by atoms with van der Waals surface area (Å²) >= 11 is 3.57. The number of hydrogen-bond acceptors (Lipinski definition) is 7. The van der Waals surface area contributed by atoms with Gasteiger partial charge in [0, 0.05) is 25.8 Å². The van der Waals surface area contributed by atoms with Gasteiger partial charge in [0.2, 0.25) is 17.4 Å². The van der Waals surface area contributed by atoms with Gasteiger partial charge < -0.3 is 15.0 Å². The molecule has 0 saturated carbocycles. The average molecular weight is 615 g/mol. The van der Waals surface area contributed by atoms with Crippen LogP contribution in [0.15, 0.2) is 59.2 Å². The molecule has 1 aliphatic heterocycles. The lowest BCUT2D eigenvalue weighted by atomic mass is 10.1. The van der Waals surface area contributed by atoms with Gasteiger partial charge in [-0.15, -0.1) is 0 Å². The number of hydrogen-bond donors (Lipinski definition) is 1. The SMILES string of the molecule is Cc1c(-c2nc3c4cccc(Br)c4nc([N+]#CC4CN(C(=O)OCc5ccccc5)CCNC4=O)n3n2)cnn1C. The Morgan fingerprint density at radius 2 is 2.02 bits per heavy atom. The molecule has 2 aromatic carbocycles. The molecule has 1 aliphatic rings. The van der Waals surface area contributed by atoms with Crippen LogP contribution in [-0.2, 0) is 23.2 Å². The van der Waals surface area contributed by atoms with Crippen LogP contribution in [0.3, 0.4) is 0 Å². The topological polar surface area (TPSA) is 124 Å². The van der Waals surface area contributed by atoms with Crippen molar-refractivity contribution in [2.75, 3.05) is 19.6 Å². The normalized spacial score (nSPS) is 15.3. The number of carbonyl (C=O) groups is 2. The molecule has 41 heavy (non-hydrogen) atoms. The van der Waals surface area contributed by atoms with Crippen molar-refractivity contribution in [1.82, 2.24) is 39.6 Å². The fraction of sp³-hybridized carbons (Fsp3) is 0.250. The molecule has 0 aliphatic carbocycles. The molecule has 0 spiro atoms. The molecule has 1 unspecified atom stereocenters. The van der Waals surface area contributed by atoms with E-state index in [-0.39, 0.29) is 25.0 Å². The minimum Gasteiger partial charge on any atom is -0.445 e. The summed E-state index contributed by atoms with van der Waals surface area (Å²) in [4.78, 5) is 41.2. The van der Waals surface area contributed by atoms with Crippen LogP contribution in [0.4, 0.5) is 10.7 Å². The summed E-state index contributed by atoms with van der Waals surface area (Å²) < 4.78 is 9.53. The lowest BCUT2D eigenvalue weighted by molar-refractivity contribution is -0.122. The molecule has 5 aromatic rings. The van der Waals surface area contributed by atoms with Gasteiger partial charge in [0.05, 0.1) is 28.2 Å². The van der Waals surface area contributed by atoms with Gasteiger partial charge >= 0.3 is 12.0 Å². The Morgan fingerprint density at radius 1 is 1.20 bits per heavy atom. The van der Waals surface area contributed by atoms with E-state index in [2.05, 4.69) is 37.3 Å². The van der Waals surface area contributed by atoms with E-state index in [1.807, 2.05) is 62.5 Å². The Bertz CT molecular complexity index is 1860. The second kappa shape index (κ2) is 11.0. The van der Waals surface area contributed by atoms with E-state index in [0.29, 0.717) is 30.1 Å². The Kier molecular flexibility index (Phi) is 7.07. The first-order valence-corrected chi connectivity index (χ1v) is 13.7. The van der Waals surface area contributed by atoms with Crippen molar-refractivity contribution in [1.29, 1.82) is 0 Å². The van der Waals surface area contributed by atoms with Crippen LogP contribution in [-0.4, -0.2) is 65.9 Å². The molecule has 1 N–H and O–H groups in total. The summed E-state index contributed by atoms with van der Waals surface area (Å²) in [5.41, 5.74) is 3.75. The number of aryl methyl sites for hydroxylation is 1. The fourth-order valence-corrected chi connectivity index (χ4v) is 4.99. The van der Waals surface area contributed by atoms with E-state index in [4.69, 9.17) is 19.8 Å². The molecule has 1 saturated heterocycles. The van der Waals surface area contributed by atoms with E-state index in [0.717, 1.165) is 26.7 Å². The van der Waals surface area contributed by atoms with Gasteiger partial charge in [-0.05, 0) is 40.5 Å². The van der Waals surface area contributed by atoms with Crippen LogP contribution in [0.25, 0.3) is 32.8 Å². The molecule has 206 valence electrons. The zero-order valence-electron chi connectivity index (χ0n) is 22.3. The first-order valence-electron chi connectivity index (χ1n) is 12.9. The predicted molar refractivity (Wildman–Crippen MR) is 155 cm³/mol. The van der Waals surface area contributed by atoms with Gasteiger partial charge in [0.25, 0.3) is 0 Å². The number of carbonyl (C=O) groups excluding carboxylic acids is 2. The first-order chi connectivity index (χ1) is 19.9. The Hall–Kier alpha value is -4.83. The van der Waals surface area contributed by atoms with Crippen molar-refractivity contribution in [2.45, 2.75) is 13.5 Å². The molecule has 12 nitrogen and oxygen atoms in total. The van der Waals surface area contributed by atoms with E-state index in [1.165, 1.54) is 9.42 Å². The highest BCUT2D eigenvalue weighted by Gasteiger charge is 2.30. The third kappa shape index (κ3) is 5.21. The third-order valence-electron chi connectivity index (χ3n) is 6.90. The van der Waals surface area contributed by atoms with E-state index in [1.54, 1.807) is 10.9 Å². The van der Waals surface area contributed by atoms with Crippen molar-refractivity contribution in [3.63, 3.8) is 0 Å². The molecule has 2 amide bonds. The predicted octanol–water partition coefficient (Wildman–Crippen LogP) is 4.10. The number of rotatable bonds is 3. The van der Waals surface area contributed by atoms with Crippen LogP contribution in [0.5, 0.6) is 0 Å². The van der Waals surface area contributed by atoms with E-state index >= 15 is 0 Å². The second-order valence-corrected chi connectivity index (χ2v) is 10.4. The highest BCUT2D eigenvalue weighted by atomic mass is 79.9. The summed E-state index contributed by atoms with van der Waals surface area (Å²) in [6, 6.07) is 18.0. The Balaban J connectivity index is 1.34. The molecule has 1 atom stereocenters. The monoisotopic (exact) mass is 614 g/mol. The van der Waals surface area contributed by atoms with Crippen molar-refractivity contribution < 1.29 is 14.3 Å². The maximum absolute atomic E-state index is 12.9. The molecule has 4 heterocycles. The number of para-hydroxylation sites is 1. The molecule has 6 rings (SSSR count). The fourth-order valence-electron chi connectivity index (χ4n) is 4.53. The standard InChI is InChI=1S/C28H24BrN9O3/c1-17-21(14-32-36(17)2)24-34-25-20-9-6-10-22(29)23(20)33-27(38(25)35-24)31-13-19-15-37(12-11-30-26(19)39)28(40)41-16-18-7-4-3-5-8-18/h3-10,14,19H,11-12,15-16H2,1-2H3/p+1. The van der Waals surface area contributed by atoms with Gasteiger partial charge in [0.1, 0.15) is 12.7 Å². The number of halogens is 1. The van der Waals surface area contributed by atoms with Crippen molar-refractivity contribution in [3.8, 4) is 17.5 Å². The number of ether oxygens (including phenoxy) is 1. The van der Waals surface area contributed by atoms with Gasteiger partial charge in [-0.2, -0.15) is 14.9 Å². The molecular formula is C28H25BrN9O3+. The Morgan fingerprint density at radius 3 is 2.80 bits per heavy atom. The molecule has 3 aromatic heterocycles. The van der Waals surface area contributed by atoms with Gasteiger partial charge in [0.15, 0.2) is 11.4 Å². The number of nitrogens with zero attached hydrogens (tertiary/aromatic N) is 8. The van der Waals surface area contributed by atoms with Crippen LogP contribution in [0.1, 0.15) is 11.3 Å². The number of fused-ring (bicyclic) bond motifs is 3. The average Bonchev–Trinajstić information content (AvgIpc) is 3.51. The second-order valence-electron chi connectivity index (χ2n) is 9.56. The molecule has 0 bridgehead atoms.